The van der Waals surface area contributed by atoms with Crippen LogP contribution in [0.3, 0.4) is 0 Å². The summed E-state index contributed by atoms with van der Waals surface area (Å²) in [6.45, 7) is 1.38. The van der Waals surface area contributed by atoms with Crippen molar-refractivity contribution in [3.05, 3.63) is 59.7 Å². The molecule has 0 aliphatic heterocycles. The van der Waals surface area contributed by atoms with E-state index in [9.17, 15) is 19.5 Å². The molecule has 2 aromatic rings. The Hall–Kier alpha value is -3.43. The average molecular weight is 471 g/mol. The van der Waals surface area contributed by atoms with Crippen LogP contribution >= 0.6 is 0 Å². The van der Waals surface area contributed by atoms with Crippen molar-refractivity contribution in [1.82, 2.24) is 10.6 Å². The monoisotopic (exact) mass is 470 g/mol. The van der Waals surface area contributed by atoms with Crippen molar-refractivity contribution in [3.63, 3.8) is 0 Å². The van der Waals surface area contributed by atoms with Crippen LogP contribution in [0.25, 0.3) is 11.1 Å². The van der Waals surface area contributed by atoms with Crippen molar-refractivity contribution in [2.75, 3.05) is 34.0 Å². The molecule has 1 aliphatic carbocycles. The molecule has 0 spiro atoms. The van der Waals surface area contributed by atoms with E-state index in [2.05, 4.69) is 10.6 Å². The predicted molar refractivity (Wildman–Crippen MR) is 125 cm³/mol. The minimum atomic E-state index is -1.52. The number of amides is 2. The highest BCUT2D eigenvalue weighted by Crippen LogP contribution is 2.44. The summed E-state index contributed by atoms with van der Waals surface area (Å²) in [6, 6.07) is 14.7. The van der Waals surface area contributed by atoms with Crippen LogP contribution < -0.4 is 10.6 Å². The van der Waals surface area contributed by atoms with Gasteiger partial charge in [0, 0.05) is 20.1 Å². The van der Waals surface area contributed by atoms with Crippen LogP contribution in [0.5, 0.6) is 0 Å². The van der Waals surface area contributed by atoms with Crippen LogP contribution in [-0.4, -0.2) is 68.7 Å². The number of carboxylic acids is 1. The van der Waals surface area contributed by atoms with Gasteiger partial charge in [0.1, 0.15) is 12.1 Å². The fraction of sp³-hybridized carbons (Fsp3) is 0.400. The lowest BCUT2D eigenvalue weighted by Gasteiger charge is -2.32. The Bertz CT molecular complexity index is 996. The second kappa shape index (κ2) is 11.1. The van der Waals surface area contributed by atoms with Crippen LogP contribution in [0.15, 0.2) is 48.5 Å². The molecule has 0 fully saturated rings. The number of ether oxygens (including phenoxy) is 3. The van der Waals surface area contributed by atoms with E-state index < -0.39 is 29.6 Å². The summed E-state index contributed by atoms with van der Waals surface area (Å²) in [5, 5.41) is 14.3. The van der Waals surface area contributed by atoms with Gasteiger partial charge < -0.3 is 30.0 Å². The smallest absolute Gasteiger partial charge is 0.408 e. The predicted octanol–water partition coefficient (Wildman–Crippen LogP) is 2.54. The van der Waals surface area contributed by atoms with Crippen LogP contribution in [-0.2, 0) is 23.8 Å². The number of benzene rings is 2. The summed E-state index contributed by atoms with van der Waals surface area (Å²) >= 11 is 0. The molecule has 9 heteroatoms. The number of hydrogen-bond donors (Lipinski definition) is 3. The number of nitrogens with one attached hydrogen (secondary N) is 2. The maximum absolute atomic E-state index is 13.0. The highest BCUT2D eigenvalue weighted by molar-refractivity contribution is 5.93. The topological polar surface area (TPSA) is 123 Å². The molecule has 2 aromatic carbocycles. The summed E-state index contributed by atoms with van der Waals surface area (Å²) in [4.78, 5) is 37.3. The Morgan fingerprint density at radius 1 is 1.00 bits per heavy atom. The number of aliphatic carboxylic acids is 1. The molecule has 3 N–H and O–H groups in total. The maximum Gasteiger partial charge on any atom is 0.408 e. The van der Waals surface area contributed by atoms with Crippen molar-refractivity contribution in [1.29, 1.82) is 0 Å². The van der Waals surface area contributed by atoms with Crippen LogP contribution in [0.2, 0.25) is 0 Å². The summed E-state index contributed by atoms with van der Waals surface area (Å²) in [7, 11) is 2.72. The van der Waals surface area contributed by atoms with E-state index in [-0.39, 0.29) is 32.2 Å². The zero-order valence-electron chi connectivity index (χ0n) is 19.5. The van der Waals surface area contributed by atoms with E-state index in [4.69, 9.17) is 14.2 Å². The lowest BCUT2D eigenvalue weighted by Crippen LogP contribution is -2.63. The first-order valence-electron chi connectivity index (χ1n) is 11.0. The third-order valence-corrected chi connectivity index (χ3v) is 6.05. The minimum absolute atomic E-state index is 0.0790. The first-order chi connectivity index (χ1) is 16.4. The first-order valence-corrected chi connectivity index (χ1v) is 11.0. The van der Waals surface area contributed by atoms with E-state index in [1.165, 1.54) is 14.2 Å². The van der Waals surface area contributed by atoms with Crippen molar-refractivity contribution in [2.45, 2.75) is 30.8 Å². The van der Waals surface area contributed by atoms with Crippen LogP contribution in [0.1, 0.15) is 30.4 Å². The van der Waals surface area contributed by atoms with Gasteiger partial charge in [0.2, 0.25) is 5.91 Å². The summed E-state index contributed by atoms with van der Waals surface area (Å²) in [6.07, 6.45) is -0.648. The van der Waals surface area contributed by atoms with E-state index in [1.807, 2.05) is 48.5 Å². The van der Waals surface area contributed by atoms with Crippen molar-refractivity contribution in [2.24, 2.45) is 0 Å². The van der Waals surface area contributed by atoms with Crippen LogP contribution in [0.4, 0.5) is 4.79 Å². The molecular formula is C25H30N2O7. The lowest BCUT2D eigenvalue weighted by atomic mass is 9.95. The average Bonchev–Trinajstić information content (AvgIpc) is 3.15. The zero-order chi connectivity index (χ0) is 24.7. The molecule has 9 nitrogen and oxygen atoms in total. The molecule has 34 heavy (non-hydrogen) atoms. The number of methoxy groups -OCH3 is 2. The van der Waals surface area contributed by atoms with Crippen LogP contribution in [0, 0.1) is 0 Å². The fourth-order valence-corrected chi connectivity index (χ4v) is 4.22. The van der Waals surface area contributed by atoms with Crippen molar-refractivity contribution >= 4 is 18.0 Å². The highest BCUT2D eigenvalue weighted by atomic mass is 16.5. The molecule has 0 bridgehead atoms. The molecular weight excluding hydrogens is 440 g/mol. The Kier molecular flexibility index (Phi) is 8.25. The number of hydrogen-bond acceptors (Lipinski definition) is 6. The number of rotatable bonds is 11. The summed E-state index contributed by atoms with van der Waals surface area (Å²) in [5.74, 6) is -2.09. The molecule has 0 saturated carbocycles. The van der Waals surface area contributed by atoms with E-state index >= 15 is 0 Å². The second-order valence-corrected chi connectivity index (χ2v) is 8.14. The number of carbonyl (C=O) groups is 3. The fourth-order valence-electron chi connectivity index (χ4n) is 4.22. The van der Waals surface area contributed by atoms with Crippen molar-refractivity contribution in [3.8, 4) is 11.1 Å². The molecule has 3 rings (SSSR count). The second-order valence-electron chi connectivity index (χ2n) is 8.14. The van der Waals surface area contributed by atoms with E-state index in [1.54, 1.807) is 6.92 Å². The number of fused-ring (bicyclic) bond motifs is 3. The standard InChI is InChI=1S/C25H30N2O7/c1-4-25(15-33-3,23(30)26-21(14-32-2)22(28)29)27-24(31)34-13-20-18-11-7-5-9-16(18)17-10-6-8-12-19(17)20/h5-12,20-21H,4,13-15H2,1-3H3,(H,26,30)(H,27,31)(H,28,29). The SMILES string of the molecule is CCC(COC)(NC(=O)OCC1c2ccccc2-c2ccccc21)C(=O)NC(COC)C(=O)O. The number of alkyl carbamates (subject to hydrolysis) is 1. The molecule has 2 amide bonds. The molecule has 182 valence electrons. The minimum Gasteiger partial charge on any atom is -0.480 e. The van der Waals surface area contributed by atoms with Gasteiger partial charge >= 0.3 is 12.1 Å². The zero-order valence-corrected chi connectivity index (χ0v) is 19.5. The molecule has 0 aromatic heterocycles. The maximum atomic E-state index is 13.0. The van der Waals surface area contributed by atoms with Gasteiger partial charge in [0.05, 0.1) is 13.2 Å². The molecule has 0 saturated heterocycles. The third-order valence-electron chi connectivity index (χ3n) is 6.05. The number of carboxylic acid groups (broad SMARTS) is 1. The Morgan fingerprint density at radius 3 is 2.09 bits per heavy atom. The van der Waals surface area contributed by atoms with Gasteiger partial charge in [-0.1, -0.05) is 55.5 Å². The normalized spacial score (nSPS) is 14.9. The van der Waals surface area contributed by atoms with Gasteiger partial charge in [-0.05, 0) is 28.7 Å². The van der Waals surface area contributed by atoms with Crippen molar-refractivity contribution < 1.29 is 33.7 Å². The molecule has 1 aliphatic rings. The van der Waals surface area contributed by atoms with Gasteiger partial charge in [0.15, 0.2) is 6.04 Å². The van der Waals surface area contributed by atoms with Gasteiger partial charge in [-0.25, -0.2) is 9.59 Å². The molecule has 0 heterocycles. The molecule has 2 atom stereocenters. The molecule has 0 radical (unpaired) electrons. The lowest BCUT2D eigenvalue weighted by molar-refractivity contribution is -0.145. The van der Waals surface area contributed by atoms with Gasteiger partial charge in [-0.2, -0.15) is 0 Å². The van der Waals surface area contributed by atoms with E-state index in [0.717, 1.165) is 22.3 Å². The third kappa shape index (κ3) is 5.21. The Balaban J connectivity index is 1.73. The van der Waals surface area contributed by atoms with Gasteiger partial charge in [-0.3, -0.25) is 4.79 Å². The van der Waals surface area contributed by atoms with E-state index in [0.29, 0.717) is 0 Å². The molecule has 2 unspecified atom stereocenters. The highest BCUT2D eigenvalue weighted by Gasteiger charge is 2.41. The summed E-state index contributed by atoms with van der Waals surface area (Å²) < 4.78 is 15.6. The summed E-state index contributed by atoms with van der Waals surface area (Å²) in [5.41, 5.74) is 2.82. The first kappa shape index (κ1) is 25.2. The Morgan fingerprint density at radius 2 is 1.59 bits per heavy atom. The quantitative estimate of drug-likeness (QED) is 0.461. The number of carbonyl (C=O) groups excluding carboxylic acids is 2. The largest absolute Gasteiger partial charge is 0.480 e. The Labute approximate surface area is 198 Å². The van der Waals surface area contributed by atoms with Gasteiger partial charge in [-0.15, -0.1) is 0 Å². The van der Waals surface area contributed by atoms with Gasteiger partial charge in [0.25, 0.3) is 0 Å².